The van der Waals surface area contributed by atoms with E-state index in [2.05, 4.69) is 5.32 Å². The van der Waals surface area contributed by atoms with E-state index in [4.69, 9.17) is 9.15 Å². The number of furan rings is 1. The maximum atomic E-state index is 12.5. The number of likely N-dealkylation sites (tertiary alicyclic amines) is 1. The van der Waals surface area contributed by atoms with Gasteiger partial charge in [-0.1, -0.05) is 30.3 Å². The number of urea groups is 1. The van der Waals surface area contributed by atoms with Gasteiger partial charge in [-0.05, 0) is 44.0 Å². The van der Waals surface area contributed by atoms with Gasteiger partial charge in [0.15, 0.2) is 0 Å². The number of nitrogens with zero attached hydrogens (tertiary/aromatic N) is 1. The maximum absolute atomic E-state index is 12.5. The Bertz CT molecular complexity index is 912. The molecule has 27 heavy (non-hydrogen) atoms. The number of carbonyl (C=O) groups is 1. The molecule has 0 spiro atoms. The first kappa shape index (κ1) is 17.6. The molecule has 0 unspecified atom stereocenters. The highest BCUT2D eigenvalue weighted by Crippen LogP contribution is 2.29. The average molecular weight is 364 g/mol. The van der Waals surface area contributed by atoms with E-state index >= 15 is 0 Å². The fourth-order valence-electron chi connectivity index (χ4n) is 3.53. The lowest BCUT2D eigenvalue weighted by molar-refractivity contribution is 0.0232. The van der Waals surface area contributed by atoms with Gasteiger partial charge in [-0.3, -0.25) is 0 Å². The smallest absolute Gasteiger partial charge is 0.321 e. The van der Waals surface area contributed by atoms with Crippen LogP contribution in [0.5, 0.6) is 0 Å². The van der Waals surface area contributed by atoms with Crippen molar-refractivity contribution in [2.24, 2.45) is 0 Å². The van der Waals surface area contributed by atoms with Gasteiger partial charge in [0, 0.05) is 36.3 Å². The summed E-state index contributed by atoms with van der Waals surface area (Å²) in [6, 6.07) is 17.7. The van der Waals surface area contributed by atoms with Gasteiger partial charge in [0.25, 0.3) is 0 Å². The summed E-state index contributed by atoms with van der Waals surface area (Å²) in [6.45, 7) is 4.19. The largest absolute Gasteiger partial charge is 0.456 e. The molecule has 1 fully saturated rings. The van der Waals surface area contributed by atoms with E-state index in [1.54, 1.807) is 0 Å². The lowest BCUT2D eigenvalue weighted by atomic mass is 10.1. The second-order valence-corrected chi connectivity index (χ2v) is 6.80. The summed E-state index contributed by atoms with van der Waals surface area (Å²) in [5.41, 5.74) is 2.63. The summed E-state index contributed by atoms with van der Waals surface area (Å²) in [5.74, 6) is 0.826. The third-order valence-corrected chi connectivity index (χ3v) is 4.96. The van der Waals surface area contributed by atoms with Crippen molar-refractivity contribution in [1.29, 1.82) is 0 Å². The van der Waals surface area contributed by atoms with Crippen LogP contribution in [0.2, 0.25) is 0 Å². The molecule has 1 N–H and O–H groups in total. The Morgan fingerprint density at radius 3 is 2.67 bits per heavy atom. The molecule has 2 heterocycles. The minimum Gasteiger partial charge on any atom is -0.456 e. The molecule has 3 aromatic rings. The van der Waals surface area contributed by atoms with Crippen molar-refractivity contribution >= 4 is 22.7 Å². The Morgan fingerprint density at radius 1 is 1.15 bits per heavy atom. The fraction of sp³-hybridized carbons (Fsp3) is 0.318. The number of ether oxygens (including phenoxy) is 1. The Labute approximate surface area is 158 Å². The van der Waals surface area contributed by atoms with E-state index in [0.29, 0.717) is 0 Å². The van der Waals surface area contributed by atoms with E-state index in [1.165, 1.54) is 0 Å². The molecule has 0 aliphatic carbocycles. The summed E-state index contributed by atoms with van der Waals surface area (Å²) >= 11 is 0. The number of fused-ring (bicyclic) bond motifs is 1. The molecule has 0 bridgehead atoms. The van der Waals surface area contributed by atoms with Crippen LogP contribution in [-0.2, 0) is 4.74 Å². The molecule has 1 aliphatic rings. The average Bonchev–Trinajstić information content (AvgIpc) is 3.13. The standard InChI is InChI=1S/C22H24N2O3/c1-2-26-19-10-12-24(13-11-19)22(25)23-18-8-9-20-17(14-18)15-21(27-20)16-6-4-3-5-7-16/h3-9,14-15,19H,2,10-13H2,1H3,(H,23,25). The Hall–Kier alpha value is -2.79. The van der Waals surface area contributed by atoms with Gasteiger partial charge in [-0.25, -0.2) is 4.79 Å². The van der Waals surface area contributed by atoms with Crippen LogP contribution in [0.25, 0.3) is 22.3 Å². The normalized spacial score (nSPS) is 15.2. The number of carbonyl (C=O) groups excluding carboxylic acids is 1. The number of amides is 2. The molecule has 0 saturated carbocycles. The van der Waals surface area contributed by atoms with E-state index in [0.717, 1.165) is 60.5 Å². The topological polar surface area (TPSA) is 54.7 Å². The molecular formula is C22H24N2O3. The van der Waals surface area contributed by atoms with Gasteiger partial charge >= 0.3 is 6.03 Å². The Balaban J connectivity index is 1.44. The van der Waals surface area contributed by atoms with Crippen molar-refractivity contribution in [1.82, 2.24) is 4.90 Å². The fourth-order valence-corrected chi connectivity index (χ4v) is 3.53. The van der Waals surface area contributed by atoms with Gasteiger partial charge < -0.3 is 19.4 Å². The second-order valence-electron chi connectivity index (χ2n) is 6.80. The monoisotopic (exact) mass is 364 g/mol. The number of piperidine rings is 1. The molecule has 1 aliphatic heterocycles. The van der Waals surface area contributed by atoms with Gasteiger partial charge in [0.2, 0.25) is 0 Å². The summed E-state index contributed by atoms with van der Waals surface area (Å²) in [5, 5.41) is 3.98. The van der Waals surface area contributed by atoms with Crippen molar-refractivity contribution in [3.8, 4) is 11.3 Å². The second kappa shape index (κ2) is 7.84. The van der Waals surface area contributed by atoms with Gasteiger partial charge in [0.05, 0.1) is 6.10 Å². The zero-order chi connectivity index (χ0) is 18.6. The van der Waals surface area contributed by atoms with Crippen LogP contribution in [0.4, 0.5) is 10.5 Å². The molecule has 5 nitrogen and oxygen atoms in total. The van der Waals surface area contributed by atoms with E-state index < -0.39 is 0 Å². The predicted molar refractivity (Wildman–Crippen MR) is 107 cm³/mol. The molecule has 2 amide bonds. The van der Waals surface area contributed by atoms with Crippen LogP contribution < -0.4 is 5.32 Å². The highest BCUT2D eigenvalue weighted by molar-refractivity contribution is 5.93. The van der Waals surface area contributed by atoms with Crippen molar-refractivity contribution in [2.45, 2.75) is 25.9 Å². The number of hydrogen-bond acceptors (Lipinski definition) is 3. The number of rotatable bonds is 4. The number of hydrogen-bond donors (Lipinski definition) is 1. The summed E-state index contributed by atoms with van der Waals surface area (Å²) in [6.07, 6.45) is 2.06. The van der Waals surface area contributed by atoms with E-state index in [9.17, 15) is 4.79 Å². The molecule has 5 heteroatoms. The van der Waals surface area contributed by atoms with Crippen molar-refractivity contribution in [2.75, 3.05) is 25.0 Å². The summed E-state index contributed by atoms with van der Waals surface area (Å²) in [4.78, 5) is 14.4. The van der Waals surface area contributed by atoms with E-state index in [-0.39, 0.29) is 12.1 Å². The SMILES string of the molecule is CCOC1CCN(C(=O)Nc2ccc3oc(-c4ccccc4)cc3c2)CC1. The molecule has 0 atom stereocenters. The van der Waals surface area contributed by atoms with Crippen molar-refractivity contribution < 1.29 is 13.9 Å². The first-order valence-corrected chi connectivity index (χ1v) is 9.49. The van der Waals surface area contributed by atoms with Gasteiger partial charge in [-0.2, -0.15) is 0 Å². The molecule has 1 saturated heterocycles. The Morgan fingerprint density at radius 2 is 1.93 bits per heavy atom. The lowest BCUT2D eigenvalue weighted by Gasteiger charge is -2.31. The molecule has 0 radical (unpaired) electrons. The van der Waals surface area contributed by atoms with Crippen LogP contribution in [-0.4, -0.2) is 36.7 Å². The molecule has 1 aromatic heterocycles. The van der Waals surface area contributed by atoms with Crippen LogP contribution in [0, 0.1) is 0 Å². The van der Waals surface area contributed by atoms with Gasteiger partial charge in [-0.15, -0.1) is 0 Å². The zero-order valence-electron chi connectivity index (χ0n) is 15.5. The highest BCUT2D eigenvalue weighted by Gasteiger charge is 2.23. The van der Waals surface area contributed by atoms with Crippen molar-refractivity contribution in [3.63, 3.8) is 0 Å². The first-order valence-electron chi connectivity index (χ1n) is 9.49. The quantitative estimate of drug-likeness (QED) is 0.698. The molecule has 140 valence electrons. The highest BCUT2D eigenvalue weighted by atomic mass is 16.5. The van der Waals surface area contributed by atoms with Crippen LogP contribution >= 0.6 is 0 Å². The predicted octanol–water partition coefficient (Wildman–Crippen LogP) is 5.13. The van der Waals surface area contributed by atoms with Gasteiger partial charge in [0.1, 0.15) is 11.3 Å². The maximum Gasteiger partial charge on any atom is 0.321 e. The number of benzene rings is 2. The van der Waals surface area contributed by atoms with Crippen LogP contribution in [0.1, 0.15) is 19.8 Å². The molecular weight excluding hydrogens is 340 g/mol. The van der Waals surface area contributed by atoms with Crippen LogP contribution in [0.15, 0.2) is 59.0 Å². The Kier molecular flexibility index (Phi) is 5.12. The third kappa shape index (κ3) is 3.98. The number of nitrogens with one attached hydrogen (secondary N) is 1. The summed E-state index contributed by atoms with van der Waals surface area (Å²) in [7, 11) is 0. The third-order valence-electron chi connectivity index (χ3n) is 4.96. The summed E-state index contributed by atoms with van der Waals surface area (Å²) < 4.78 is 11.6. The molecule has 4 rings (SSSR count). The zero-order valence-corrected chi connectivity index (χ0v) is 15.5. The van der Waals surface area contributed by atoms with Crippen LogP contribution in [0.3, 0.4) is 0 Å². The number of anilines is 1. The first-order chi connectivity index (χ1) is 13.2. The lowest BCUT2D eigenvalue weighted by Crippen LogP contribution is -2.43. The molecule has 2 aromatic carbocycles. The van der Waals surface area contributed by atoms with Crippen molar-refractivity contribution in [3.05, 3.63) is 54.6 Å². The minimum absolute atomic E-state index is 0.0592. The minimum atomic E-state index is -0.0592. The van der Waals surface area contributed by atoms with E-state index in [1.807, 2.05) is 66.4 Å².